The van der Waals surface area contributed by atoms with Gasteiger partial charge in [0.1, 0.15) is 0 Å². The summed E-state index contributed by atoms with van der Waals surface area (Å²) >= 11 is 0. The van der Waals surface area contributed by atoms with Crippen LogP contribution in [0.5, 0.6) is 0 Å². The molecule has 6 nitrogen and oxygen atoms in total. The Balaban J connectivity index is 1.76. The van der Waals surface area contributed by atoms with Gasteiger partial charge in [0, 0.05) is 19.6 Å². The Morgan fingerprint density at radius 3 is 2.78 bits per heavy atom. The zero-order chi connectivity index (χ0) is 16.7. The van der Waals surface area contributed by atoms with E-state index < -0.39 is 9.84 Å². The van der Waals surface area contributed by atoms with Gasteiger partial charge in [-0.25, -0.2) is 13.2 Å². The number of carbonyl (C=O) groups is 1. The summed E-state index contributed by atoms with van der Waals surface area (Å²) in [5.41, 5.74) is 0.762. The summed E-state index contributed by atoms with van der Waals surface area (Å²) in [5, 5.41) is 2.69. The topological polar surface area (TPSA) is 75.7 Å². The second-order valence-electron chi connectivity index (χ2n) is 5.66. The summed E-state index contributed by atoms with van der Waals surface area (Å²) in [4.78, 5) is 13.8. The van der Waals surface area contributed by atoms with E-state index in [1.165, 1.54) is 0 Å². The zero-order valence-corrected chi connectivity index (χ0v) is 14.2. The summed E-state index contributed by atoms with van der Waals surface area (Å²) in [7, 11) is -3.23. The van der Waals surface area contributed by atoms with Crippen LogP contribution in [0.25, 0.3) is 0 Å². The smallest absolute Gasteiger partial charge is 0.317 e. The Bertz CT molecular complexity index is 604. The molecule has 1 aliphatic rings. The Morgan fingerprint density at radius 1 is 1.35 bits per heavy atom. The zero-order valence-electron chi connectivity index (χ0n) is 13.4. The van der Waals surface area contributed by atoms with Crippen LogP contribution in [-0.4, -0.2) is 57.4 Å². The minimum atomic E-state index is -3.23. The molecule has 1 N–H and O–H groups in total. The molecule has 0 spiro atoms. The van der Waals surface area contributed by atoms with Gasteiger partial charge >= 0.3 is 6.03 Å². The van der Waals surface area contributed by atoms with E-state index in [2.05, 4.69) is 5.32 Å². The summed E-state index contributed by atoms with van der Waals surface area (Å²) in [6, 6.07) is 8.83. The van der Waals surface area contributed by atoms with Crippen LogP contribution in [0.3, 0.4) is 0 Å². The number of rotatable bonds is 6. The fourth-order valence-corrected chi connectivity index (χ4v) is 3.73. The van der Waals surface area contributed by atoms with Crippen molar-refractivity contribution in [2.45, 2.75) is 25.2 Å². The molecule has 1 aromatic carbocycles. The molecule has 0 saturated carbocycles. The lowest BCUT2D eigenvalue weighted by Gasteiger charge is -2.32. The molecule has 1 saturated heterocycles. The van der Waals surface area contributed by atoms with Crippen LogP contribution in [0.1, 0.15) is 18.9 Å². The molecule has 0 radical (unpaired) electrons. The Morgan fingerprint density at radius 2 is 2.09 bits per heavy atom. The highest BCUT2D eigenvalue weighted by Crippen LogP contribution is 2.08. The number of sulfone groups is 1. The highest BCUT2D eigenvalue weighted by atomic mass is 32.2. The largest absolute Gasteiger partial charge is 0.375 e. The number of benzene rings is 1. The molecule has 0 bridgehead atoms. The molecule has 1 atom stereocenters. The lowest BCUT2D eigenvalue weighted by Crippen LogP contribution is -2.50. The molecule has 0 unspecified atom stereocenters. The predicted molar refractivity (Wildman–Crippen MR) is 88.9 cm³/mol. The van der Waals surface area contributed by atoms with Crippen molar-refractivity contribution in [1.29, 1.82) is 0 Å². The van der Waals surface area contributed by atoms with E-state index in [1.807, 2.05) is 25.1 Å². The summed E-state index contributed by atoms with van der Waals surface area (Å²) in [6.07, 6.45) is 0.922. The highest BCUT2D eigenvalue weighted by molar-refractivity contribution is 7.90. The van der Waals surface area contributed by atoms with Crippen molar-refractivity contribution in [2.24, 2.45) is 0 Å². The lowest BCUT2D eigenvalue weighted by molar-refractivity contribution is -0.0152. The third kappa shape index (κ3) is 5.84. The van der Waals surface area contributed by atoms with Crippen molar-refractivity contribution in [3.63, 3.8) is 0 Å². The van der Waals surface area contributed by atoms with Crippen molar-refractivity contribution in [1.82, 2.24) is 10.2 Å². The van der Waals surface area contributed by atoms with Crippen LogP contribution < -0.4 is 5.32 Å². The van der Waals surface area contributed by atoms with Crippen molar-refractivity contribution >= 4 is 15.9 Å². The first kappa shape index (κ1) is 17.7. The van der Waals surface area contributed by atoms with E-state index in [9.17, 15) is 13.2 Å². The maximum atomic E-state index is 12.1. The number of nitrogens with zero attached hydrogens (tertiary/aromatic N) is 1. The first-order chi connectivity index (χ1) is 11.0. The average Bonchev–Trinajstić information content (AvgIpc) is 2.55. The third-order valence-corrected chi connectivity index (χ3v) is 5.40. The summed E-state index contributed by atoms with van der Waals surface area (Å²) < 4.78 is 29.7. The Labute approximate surface area is 137 Å². The van der Waals surface area contributed by atoms with Gasteiger partial charge in [0.15, 0.2) is 9.84 Å². The molecule has 1 aromatic rings. The summed E-state index contributed by atoms with van der Waals surface area (Å²) in [6.45, 7) is 3.76. The van der Waals surface area contributed by atoms with Gasteiger partial charge in [-0.3, -0.25) is 0 Å². The normalized spacial score (nSPS) is 18.7. The second-order valence-corrected chi connectivity index (χ2v) is 7.84. The number of amides is 2. The number of hydrogen-bond acceptors (Lipinski definition) is 4. The first-order valence-corrected chi connectivity index (χ1v) is 9.71. The van der Waals surface area contributed by atoms with E-state index in [0.717, 1.165) is 12.0 Å². The van der Waals surface area contributed by atoms with Crippen LogP contribution in [0.2, 0.25) is 0 Å². The van der Waals surface area contributed by atoms with Crippen LogP contribution in [-0.2, 0) is 20.3 Å². The van der Waals surface area contributed by atoms with Crippen molar-refractivity contribution < 1.29 is 17.9 Å². The lowest BCUT2D eigenvalue weighted by atomic mass is 10.2. The van der Waals surface area contributed by atoms with E-state index in [0.29, 0.717) is 19.7 Å². The predicted octanol–water partition coefficient (Wildman–Crippen LogP) is 1.42. The number of ether oxygens (including phenoxy) is 1. The molecule has 128 valence electrons. The molecule has 0 aliphatic carbocycles. The standard InChI is InChI=1S/C16H24N2O4S/c1-2-15-12-18(9-10-22-15)16(19)17-8-11-23(20,21)13-14-6-4-3-5-7-14/h3-7,15H,2,8-13H2,1H3,(H,17,19)/t15-/m0/s1. The monoisotopic (exact) mass is 340 g/mol. The fourth-order valence-electron chi connectivity index (χ4n) is 2.48. The van der Waals surface area contributed by atoms with Crippen LogP contribution >= 0.6 is 0 Å². The number of urea groups is 1. The molecule has 23 heavy (non-hydrogen) atoms. The van der Waals surface area contributed by atoms with Crippen LogP contribution in [0.4, 0.5) is 4.79 Å². The summed E-state index contributed by atoms with van der Waals surface area (Å²) in [5.74, 6) is -0.0612. The van der Waals surface area contributed by atoms with Crippen molar-refractivity contribution in [3.8, 4) is 0 Å². The second kappa shape index (κ2) is 8.31. The quantitative estimate of drug-likeness (QED) is 0.850. The van der Waals surface area contributed by atoms with Gasteiger partial charge in [0.05, 0.1) is 24.2 Å². The first-order valence-electron chi connectivity index (χ1n) is 7.89. The highest BCUT2D eigenvalue weighted by Gasteiger charge is 2.23. The molecule has 1 heterocycles. The van der Waals surface area contributed by atoms with E-state index in [4.69, 9.17) is 4.74 Å². The van der Waals surface area contributed by atoms with Gasteiger partial charge < -0.3 is 15.0 Å². The molecular weight excluding hydrogens is 316 g/mol. The number of nitrogens with one attached hydrogen (secondary N) is 1. The SMILES string of the molecule is CC[C@H]1CN(C(=O)NCCS(=O)(=O)Cc2ccccc2)CCO1. The van der Waals surface area contributed by atoms with Gasteiger partial charge in [0.25, 0.3) is 0 Å². The molecule has 2 rings (SSSR count). The molecule has 1 fully saturated rings. The van der Waals surface area contributed by atoms with E-state index in [1.54, 1.807) is 17.0 Å². The van der Waals surface area contributed by atoms with Gasteiger partial charge in [0.2, 0.25) is 0 Å². The number of hydrogen-bond donors (Lipinski definition) is 1. The molecule has 2 amide bonds. The molecule has 1 aliphatic heterocycles. The van der Waals surface area contributed by atoms with Crippen LogP contribution in [0, 0.1) is 0 Å². The van der Waals surface area contributed by atoms with Crippen molar-refractivity contribution in [3.05, 3.63) is 35.9 Å². The van der Waals surface area contributed by atoms with Gasteiger partial charge in [-0.05, 0) is 12.0 Å². The van der Waals surface area contributed by atoms with Gasteiger partial charge in [-0.1, -0.05) is 37.3 Å². The number of morpholine rings is 1. The Hall–Kier alpha value is -1.60. The molecule has 7 heteroatoms. The Kier molecular flexibility index (Phi) is 6.41. The minimum Gasteiger partial charge on any atom is -0.375 e. The maximum Gasteiger partial charge on any atom is 0.317 e. The third-order valence-electron chi connectivity index (χ3n) is 3.80. The van der Waals surface area contributed by atoms with Crippen LogP contribution in [0.15, 0.2) is 30.3 Å². The molecule has 0 aromatic heterocycles. The van der Waals surface area contributed by atoms with E-state index >= 15 is 0 Å². The maximum absolute atomic E-state index is 12.1. The van der Waals surface area contributed by atoms with Gasteiger partial charge in [-0.15, -0.1) is 0 Å². The van der Waals surface area contributed by atoms with Crippen molar-refractivity contribution in [2.75, 3.05) is 32.0 Å². The van der Waals surface area contributed by atoms with E-state index in [-0.39, 0.29) is 30.2 Å². The van der Waals surface area contributed by atoms with Gasteiger partial charge in [-0.2, -0.15) is 0 Å². The minimum absolute atomic E-state index is 0.000820. The fraction of sp³-hybridized carbons (Fsp3) is 0.562. The number of carbonyl (C=O) groups excluding carboxylic acids is 1. The molecular formula is C16H24N2O4S. The average molecular weight is 340 g/mol.